The van der Waals surface area contributed by atoms with Gasteiger partial charge in [-0.05, 0) is 25.2 Å². The third-order valence-electron chi connectivity index (χ3n) is 3.45. The molecule has 4 nitrogen and oxygen atoms in total. The summed E-state index contributed by atoms with van der Waals surface area (Å²) in [5.41, 5.74) is 0. The maximum atomic E-state index is 4.28. The summed E-state index contributed by atoms with van der Waals surface area (Å²) in [7, 11) is 1.91. The molecule has 0 radical (unpaired) electrons. The number of rotatable bonds is 3. The molecule has 0 spiro atoms. The molecule has 1 aromatic rings. The summed E-state index contributed by atoms with van der Waals surface area (Å²) in [6, 6.07) is 0.661. The van der Waals surface area contributed by atoms with E-state index in [4.69, 9.17) is 0 Å². The normalized spacial score (nSPS) is 26.6. The first-order chi connectivity index (χ1) is 7.74. The van der Waals surface area contributed by atoms with Crippen molar-refractivity contribution in [1.29, 1.82) is 0 Å². The molecule has 0 bridgehead atoms. The zero-order valence-corrected chi connectivity index (χ0v) is 10.3. The van der Waals surface area contributed by atoms with Crippen LogP contribution in [0.2, 0.25) is 0 Å². The average molecular weight is 222 g/mol. The second-order valence-electron chi connectivity index (χ2n) is 5.03. The minimum absolute atomic E-state index is 0.661. The van der Waals surface area contributed by atoms with Gasteiger partial charge in [-0.2, -0.15) is 5.10 Å². The van der Waals surface area contributed by atoms with Gasteiger partial charge in [0.1, 0.15) is 6.33 Å². The van der Waals surface area contributed by atoms with Crippen molar-refractivity contribution in [3.63, 3.8) is 0 Å². The molecule has 0 aliphatic heterocycles. The van der Waals surface area contributed by atoms with E-state index in [1.807, 2.05) is 7.05 Å². The molecule has 1 aliphatic carbocycles. The first-order valence-electron chi connectivity index (χ1n) is 6.32. The Balaban J connectivity index is 1.77. The third-order valence-corrected chi connectivity index (χ3v) is 3.45. The Morgan fingerprint density at radius 3 is 3.00 bits per heavy atom. The van der Waals surface area contributed by atoms with E-state index in [0.29, 0.717) is 6.04 Å². The third kappa shape index (κ3) is 3.30. The Kier molecular flexibility index (Phi) is 3.93. The minimum Gasteiger partial charge on any atom is -0.307 e. The van der Waals surface area contributed by atoms with Gasteiger partial charge in [0.25, 0.3) is 0 Å². The fourth-order valence-electron chi connectivity index (χ4n) is 2.39. The molecule has 1 heterocycles. The van der Waals surface area contributed by atoms with Crippen LogP contribution in [-0.4, -0.2) is 20.8 Å². The smallest absolute Gasteiger partial charge is 0.164 e. The zero-order valence-electron chi connectivity index (χ0n) is 10.3. The molecule has 16 heavy (non-hydrogen) atoms. The second kappa shape index (κ2) is 5.43. The van der Waals surface area contributed by atoms with E-state index in [-0.39, 0.29) is 0 Å². The summed E-state index contributed by atoms with van der Waals surface area (Å²) in [6.45, 7) is 3.17. The van der Waals surface area contributed by atoms with Gasteiger partial charge in [0.05, 0.1) is 6.54 Å². The van der Waals surface area contributed by atoms with Gasteiger partial charge < -0.3 is 5.32 Å². The summed E-state index contributed by atoms with van der Waals surface area (Å²) in [5.74, 6) is 1.81. The van der Waals surface area contributed by atoms with Crippen LogP contribution in [0.15, 0.2) is 6.33 Å². The van der Waals surface area contributed by atoms with Crippen molar-refractivity contribution in [3.8, 4) is 0 Å². The Morgan fingerprint density at radius 1 is 1.38 bits per heavy atom. The van der Waals surface area contributed by atoms with E-state index in [0.717, 1.165) is 18.3 Å². The van der Waals surface area contributed by atoms with Crippen LogP contribution < -0.4 is 5.32 Å². The van der Waals surface area contributed by atoms with E-state index >= 15 is 0 Å². The van der Waals surface area contributed by atoms with Crippen LogP contribution in [0.25, 0.3) is 0 Å². The molecule has 4 heteroatoms. The summed E-state index contributed by atoms with van der Waals surface area (Å²) >= 11 is 0. The maximum Gasteiger partial charge on any atom is 0.164 e. The first kappa shape index (κ1) is 11.6. The molecule has 90 valence electrons. The highest BCUT2D eigenvalue weighted by atomic mass is 15.3. The minimum atomic E-state index is 0.661. The van der Waals surface area contributed by atoms with Crippen LogP contribution >= 0.6 is 0 Å². The SMILES string of the molecule is CC1CCCC(NCc2ncn(C)n2)CC1. The lowest BCUT2D eigenvalue weighted by Gasteiger charge is -2.14. The van der Waals surface area contributed by atoms with E-state index in [9.17, 15) is 0 Å². The molecule has 1 saturated carbocycles. The van der Waals surface area contributed by atoms with Gasteiger partial charge in [-0.15, -0.1) is 0 Å². The van der Waals surface area contributed by atoms with Crippen LogP contribution in [0, 0.1) is 5.92 Å². The van der Waals surface area contributed by atoms with Gasteiger partial charge in [0.15, 0.2) is 5.82 Å². The Bertz CT molecular complexity index is 321. The molecule has 1 fully saturated rings. The fourth-order valence-corrected chi connectivity index (χ4v) is 2.39. The van der Waals surface area contributed by atoms with Gasteiger partial charge in [0.2, 0.25) is 0 Å². The number of nitrogens with zero attached hydrogens (tertiary/aromatic N) is 3. The van der Waals surface area contributed by atoms with Crippen LogP contribution in [0.4, 0.5) is 0 Å². The molecule has 2 rings (SSSR count). The van der Waals surface area contributed by atoms with Gasteiger partial charge in [-0.1, -0.05) is 19.8 Å². The van der Waals surface area contributed by atoms with E-state index in [1.165, 1.54) is 32.1 Å². The Labute approximate surface area is 97.5 Å². The Morgan fingerprint density at radius 2 is 2.25 bits per heavy atom. The van der Waals surface area contributed by atoms with Crippen molar-refractivity contribution >= 4 is 0 Å². The predicted molar refractivity (Wildman–Crippen MR) is 63.9 cm³/mol. The summed E-state index contributed by atoms with van der Waals surface area (Å²) < 4.78 is 1.76. The van der Waals surface area contributed by atoms with Gasteiger partial charge in [-0.25, -0.2) is 4.98 Å². The fraction of sp³-hybridized carbons (Fsp3) is 0.833. The van der Waals surface area contributed by atoms with Crippen molar-refractivity contribution in [3.05, 3.63) is 12.2 Å². The van der Waals surface area contributed by atoms with Crippen LogP contribution in [0.1, 0.15) is 44.9 Å². The summed E-state index contributed by atoms with van der Waals surface area (Å²) in [5, 5.41) is 7.85. The topological polar surface area (TPSA) is 42.7 Å². The van der Waals surface area contributed by atoms with Crippen molar-refractivity contribution in [1.82, 2.24) is 20.1 Å². The van der Waals surface area contributed by atoms with E-state index in [2.05, 4.69) is 22.3 Å². The van der Waals surface area contributed by atoms with Crippen LogP contribution in [-0.2, 0) is 13.6 Å². The van der Waals surface area contributed by atoms with Crippen molar-refractivity contribution < 1.29 is 0 Å². The lowest BCUT2D eigenvalue weighted by Crippen LogP contribution is -2.28. The lowest BCUT2D eigenvalue weighted by atomic mass is 10.0. The van der Waals surface area contributed by atoms with Crippen LogP contribution in [0.3, 0.4) is 0 Å². The van der Waals surface area contributed by atoms with Gasteiger partial charge in [0, 0.05) is 13.1 Å². The molecule has 0 saturated heterocycles. The molecule has 1 aliphatic rings. The average Bonchev–Trinajstić information content (AvgIpc) is 2.56. The Hall–Kier alpha value is -0.900. The van der Waals surface area contributed by atoms with Crippen molar-refractivity contribution in [2.75, 3.05) is 0 Å². The number of aryl methyl sites for hydroxylation is 1. The van der Waals surface area contributed by atoms with Gasteiger partial charge in [-0.3, -0.25) is 4.68 Å². The number of hydrogen-bond donors (Lipinski definition) is 1. The van der Waals surface area contributed by atoms with Gasteiger partial charge >= 0.3 is 0 Å². The zero-order chi connectivity index (χ0) is 11.4. The highest BCUT2D eigenvalue weighted by molar-refractivity contribution is 4.82. The molecule has 0 amide bonds. The quantitative estimate of drug-likeness (QED) is 0.794. The molecule has 1 aromatic heterocycles. The molecule has 2 atom stereocenters. The monoisotopic (exact) mass is 222 g/mol. The summed E-state index contributed by atoms with van der Waals surface area (Å²) in [6.07, 6.45) is 8.46. The summed E-state index contributed by atoms with van der Waals surface area (Å²) in [4.78, 5) is 4.23. The molecular weight excluding hydrogens is 200 g/mol. The molecule has 0 aromatic carbocycles. The number of hydrogen-bond acceptors (Lipinski definition) is 3. The van der Waals surface area contributed by atoms with Crippen molar-refractivity contribution in [2.45, 2.75) is 51.6 Å². The lowest BCUT2D eigenvalue weighted by molar-refractivity contribution is 0.441. The van der Waals surface area contributed by atoms with E-state index < -0.39 is 0 Å². The number of aromatic nitrogens is 3. The second-order valence-corrected chi connectivity index (χ2v) is 5.03. The van der Waals surface area contributed by atoms with Crippen LogP contribution in [0.5, 0.6) is 0 Å². The standard InChI is InChI=1S/C12H22N4/c1-10-4-3-5-11(7-6-10)13-8-12-14-9-16(2)15-12/h9-11,13H,3-8H2,1-2H3. The predicted octanol–water partition coefficient (Wildman–Crippen LogP) is 1.87. The maximum absolute atomic E-state index is 4.28. The highest BCUT2D eigenvalue weighted by Gasteiger charge is 2.15. The first-order valence-corrected chi connectivity index (χ1v) is 6.32. The molecule has 1 N–H and O–H groups in total. The van der Waals surface area contributed by atoms with E-state index in [1.54, 1.807) is 11.0 Å². The largest absolute Gasteiger partial charge is 0.307 e. The number of nitrogens with one attached hydrogen (secondary N) is 1. The highest BCUT2D eigenvalue weighted by Crippen LogP contribution is 2.22. The molecular formula is C12H22N4. The molecule has 2 unspecified atom stereocenters. The van der Waals surface area contributed by atoms with Crippen molar-refractivity contribution in [2.24, 2.45) is 13.0 Å².